The maximum atomic E-state index is 9.54. The number of benzene rings is 1. The molecule has 1 aliphatic heterocycles. The van der Waals surface area contributed by atoms with E-state index in [0.717, 1.165) is 37.2 Å². The highest BCUT2D eigenvalue weighted by atomic mass is 16.5. The highest BCUT2D eigenvalue weighted by Gasteiger charge is 2.30. The molecule has 6 heteroatoms. The summed E-state index contributed by atoms with van der Waals surface area (Å²) >= 11 is 0. The summed E-state index contributed by atoms with van der Waals surface area (Å²) in [5.74, 6) is 1.99. The summed E-state index contributed by atoms with van der Waals surface area (Å²) in [5.41, 5.74) is 0.851. The molecule has 124 valence electrons. The zero-order valence-electron chi connectivity index (χ0n) is 13.7. The molecule has 0 saturated carbocycles. The van der Waals surface area contributed by atoms with Gasteiger partial charge in [-0.25, -0.2) is 0 Å². The molecule has 2 aromatic rings. The number of rotatable bonds is 5. The highest BCUT2D eigenvalue weighted by Crippen LogP contribution is 2.29. The van der Waals surface area contributed by atoms with Gasteiger partial charge in [0.25, 0.3) is 5.89 Å². The van der Waals surface area contributed by atoms with E-state index in [1.165, 1.54) is 0 Å². The van der Waals surface area contributed by atoms with Crippen molar-refractivity contribution in [1.29, 1.82) is 0 Å². The second kappa shape index (κ2) is 6.68. The number of hydrogen-bond donors (Lipinski definition) is 1. The predicted molar refractivity (Wildman–Crippen MR) is 86.0 cm³/mol. The molecule has 1 aliphatic rings. The number of likely N-dealkylation sites (tertiary alicyclic amines) is 1. The smallest absolute Gasteiger partial charge is 0.257 e. The summed E-state index contributed by atoms with van der Waals surface area (Å²) < 4.78 is 10.5. The van der Waals surface area contributed by atoms with Crippen LogP contribution in [0.2, 0.25) is 0 Å². The van der Waals surface area contributed by atoms with Crippen LogP contribution in [0, 0.1) is 5.41 Å². The Bertz CT molecular complexity index is 641. The Morgan fingerprint density at radius 2 is 2.13 bits per heavy atom. The average Bonchev–Trinajstić information content (AvgIpc) is 3.03. The van der Waals surface area contributed by atoms with Crippen LogP contribution >= 0.6 is 0 Å². The molecule has 1 aromatic heterocycles. The monoisotopic (exact) mass is 317 g/mol. The van der Waals surface area contributed by atoms with Gasteiger partial charge in [-0.1, -0.05) is 12.1 Å². The number of aliphatic hydroxyl groups excluding tert-OH is 1. The Kier molecular flexibility index (Phi) is 4.63. The van der Waals surface area contributed by atoms with Crippen molar-refractivity contribution in [3.63, 3.8) is 0 Å². The Morgan fingerprint density at radius 3 is 2.83 bits per heavy atom. The third-order valence-corrected chi connectivity index (χ3v) is 4.41. The van der Waals surface area contributed by atoms with Crippen LogP contribution in [0.5, 0.6) is 5.75 Å². The van der Waals surface area contributed by atoms with Crippen LogP contribution in [0.15, 0.2) is 28.8 Å². The van der Waals surface area contributed by atoms with Crippen molar-refractivity contribution in [2.75, 3.05) is 26.8 Å². The van der Waals surface area contributed by atoms with Crippen LogP contribution in [-0.4, -0.2) is 47.0 Å². The highest BCUT2D eigenvalue weighted by molar-refractivity contribution is 5.54. The minimum absolute atomic E-state index is 0.0270. The van der Waals surface area contributed by atoms with E-state index in [9.17, 15) is 5.11 Å². The van der Waals surface area contributed by atoms with E-state index in [4.69, 9.17) is 9.26 Å². The van der Waals surface area contributed by atoms with Crippen LogP contribution in [0.1, 0.15) is 25.6 Å². The Hall–Kier alpha value is -1.92. The van der Waals surface area contributed by atoms with Crippen LogP contribution in [0.3, 0.4) is 0 Å². The van der Waals surface area contributed by atoms with Gasteiger partial charge < -0.3 is 14.4 Å². The molecule has 1 saturated heterocycles. The van der Waals surface area contributed by atoms with Gasteiger partial charge in [0, 0.05) is 24.1 Å². The summed E-state index contributed by atoms with van der Waals surface area (Å²) in [6.07, 6.45) is 2.14. The van der Waals surface area contributed by atoms with Gasteiger partial charge in [0.2, 0.25) is 0 Å². The molecule has 0 bridgehead atoms. The molecule has 0 spiro atoms. The number of nitrogens with zero attached hydrogens (tertiary/aromatic N) is 3. The average molecular weight is 317 g/mol. The van der Waals surface area contributed by atoms with E-state index < -0.39 is 0 Å². The number of piperidine rings is 1. The first kappa shape index (κ1) is 16.0. The van der Waals surface area contributed by atoms with Crippen LogP contribution < -0.4 is 4.74 Å². The van der Waals surface area contributed by atoms with Crippen molar-refractivity contribution in [3.8, 4) is 17.2 Å². The molecule has 1 fully saturated rings. The van der Waals surface area contributed by atoms with Crippen molar-refractivity contribution >= 4 is 0 Å². The van der Waals surface area contributed by atoms with Gasteiger partial charge in [-0.15, -0.1) is 0 Å². The SMILES string of the molecule is COc1ccc(-c2nc(CN3CCCC(C)(CO)C3)no2)cc1. The first-order valence-corrected chi connectivity index (χ1v) is 7.92. The molecular formula is C17H23N3O3. The molecule has 1 N–H and O–H groups in total. The quantitative estimate of drug-likeness (QED) is 0.912. The lowest BCUT2D eigenvalue weighted by molar-refractivity contribution is 0.0414. The van der Waals surface area contributed by atoms with E-state index in [-0.39, 0.29) is 12.0 Å². The van der Waals surface area contributed by atoms with E-state index in [1.807, 2.05) is 24.3 Å². The molecule has 0 aliphatic carbocycles. The normalized spacial score (nSPS) is 22.2. The van der Waals surface area contributed by atoms with Gasteiger partial charge in [-0.05, 0) is 43.7 Å². The van der Waals surface area contributed by atoms with Crippen molar-refractivity contribution in [2.45, 2.75) is 26.3 Å². The van der Waals surface area contributed by atoms with Crippen LogP contribution in [0.25, 0.3) is 11.5 Å². The lowest BCUT2D eigenvalue weighted by atomic mass is 9.83. The van der Waals surface area contributed by atoms with E-state index in [1.54, 1.807) is 7.11 Å². The number of methoxy groups -OCH3 is 1. The largest absolute Gasteiger partial charge is 0.497 e. The fraction of sp³-hybridized carbons (Fsp3) is 0.529. The van der Waals surface area contributed by atoms with Gasteiger partial charge in [-0.3, -0.25) is 4.90 Å². The van der Waals surface area contributed by atoms with Crippen LogP contribution in [0.4, 0.5) is 0 Å². The third kappa shape index (κ3) is 3.71. The predicted octanol–water partition coefficient (Wildman–Crippen LogP) is 2.34. The van der Waals surface area contributed by atoms with Crippen LogP contribution in [-0.2, 0) is 6.54 Å². The number of aromatic nitrogens is 2. The van der Waals surface area contributed by atoms with Gasteiger partial charge in [0.05, 0.1) is 13.7 Å². The second-order valence-electron chi connectivity index (χ2n) is 6.53. The topological polar surface area (TPSA) is 71.6 Å². The Morgan fingerprint density at radius 1 is 1.35 bits per heavy atom. The van der Waals surface area contributed by atoms with Crippen molar-refractivity contribution in [3.05, 3.63) is 30.1 Å². The lowest BCUT2D eigenvalue weighted by Gasteiger charge is -2.38. The zero-order valence-corrected chi connectivity index (χ0v) is 13.7. The van der Waals surface area contributed by atoms with E-state index in [0.29, 0.717) is 18.3 Å². The molecule has 0 amide bonds. The molecule has 1 aromatic carbocycles. The molecule has 1 unspecified atom stereocenters. The van der Waals surface area contributed by atoms with Crippen molar-refractivity contribution in [2.24, 2.45) is 5.41 Å². The minimum atomic E-state index is -0.0270. The summed E-state index contributed by atoms with van der Waals surface area (Å²) in [6, 6.07) is 7.55. The maximum Gasteiger partial charge on any atom is 0.257 e. The fourth-order valence-corrected chi connectivity index (χ4v) is 3.06. The maximum absolute atomic E-state index is 9.54. The van der Waals surface area contributed by atoms with Gasteiger partial charge in [-0.2, -0.15) is 4.98 Å². The van der Waals surface area contributed by atoms with Crippen molar-refractivity contribution in [1.82, 2.24) is 15.0 Å². The molecule has 1 atom stereocenters. The summed E-state index contributed by atoms with van der Waals surface area (Å²) in [5, 5.41) is 13.6. The molecule has 0 radical (unpaired) electrons. The third-order valence-electron chi connectivity index (χ3n) is 4.41. The first-order valence-electron chi connectivity index (χ1n) is 7.92. The minimum Gasteiger partial charge on any atom is -0.497 e. The molecule has 2 heterocycles. The lowest BCUT2D eigenvalue weighted by Crippen LogP contribution is -2.43. The Labute approximate surface area is 136 Å². The van der Waals surface area contributed by atoms with E-state index in [2.05, 4.69) is 22.0 Å². The summed E-state index contributed by atoms with van der Waals surface area (Å²) in [4.78, 5) is 6.76. The van der Waals surface area contributed by atoms with Gasteiger partial charge in [0.15, 0.2) is 5.82 Å². The summed E-state index contributed by atoms with van der Waals surface area (Å²) in [6.45, 7) is 4.85. The van der Waals surface area contributed by atoms with Gasteiger partial charge in [0.1, 0.15) is 5.75 Å². The molecule has 3 rings (SSSR count). The zero-order chi connectivity index (χ0) is 16.3. The standard InChI is InChI=1S/C17H23N3O3/c1-17(12-21)8-3-9-20(11-17)10-15-18-16(23-19-15)13-4-6-14(22-2)7-5-13/h4-7,21H,3,8-12H2,1-2H3. The molecule has 6 nitrogen and oxygen atoms in total. The fourth-order valence-electron chi connectivity index (χ4n) is 3.06. The second-order valence-corrected chi connectivity index (χ2v) is 6.53. The van der Waals surface area contributed by atoms with Gasteiger partial charge >= 0.3 is 0 Å². The Balaban J connectivity index is 1.67. The van der Waals surface area contributed by atoms with E-state index >= 15 is 0 Å². The molecule has 23 heavy (non-hydrogen) atoms. The molecular weight excluding hydrogens is 294 g/mol. The number of ether oxygens (including phenoxy) is 1. The first-order chi connectivity index (χ1) is 11.1. The number of aliphatic hydroxyl groups is 1. The summed E-state index contributed by atoms with van der Waals surface area (Å²) in [7, 11) is 1.64. The van der Waals surface area contributed by atoms with Crippen molar-refractivity contribution < 1.29 is 14.4 Å². The number of hydrogen-bond acceptors (Lipinski definition) is 6.